The lowest BCUT2D eigenvalue weighted by Crippen LogP contribution is -2.37. The van der Waals surface area contributed by atoms with Crippen molar-refractivity contribution < 1.29 is 5.11 Å². The first-order chi connectivity index (χ1) is 8.63. The highest BCUT2D eigenvalue weighted by molar-refractivity contribution is 5.21. The molecule has 0 saturated carbocycles. The smallest absolute Gasteiger partial charge is 0.223 e. The Bertz CT molecular complexity index is 463. The molecule has 4 heteroatoms. The van der Waals surface area contributed by atoms with Crippen molar-refractivity contribution >= 4 is 0 Å². The Hall–Kier alpha value is -1.29. The number of pyridine rings is 1. The SMILES string of the molecule is CCC(CC)CN1CCn2cc(O)c(=O)cc2C1. The molecule has 1 N–H and O–H groups in total. The van der Waals surface area contributed by atoms with Crippen molar-refractivity contribution in [1.82, 2.24) is 9.47 Å². The molecule has 0 unspecified atom stereocenters. The van der Waals surface area contributed by atoms with E-state index in [2.05, 4.69) is 18.7 Å². The van der Waals surface area contributed by atoms with Gasteiger partial charge in [-0.15, -0.1) is 0 Å². The number of hydrogen-bond acceptors (Lipinski definition) is 3. The Morgan fingerprint density at radius 2 is 2.06 bits per heavy atom. The lowest BCUT2D eigenvalue weighted by atomic mass is 10.0. The van der Waals surface area contributed by atoms with Crippen LogP contribution < -0.4 is 5.43 Å². The highest BCUT2D eigenvalue weighted by Crippen LogP contribution is 2.17. The van der Waals surface area contributed by atoms with Crippen LogP contribution in [0.5, 0.6) is 5.75 Å². The van der Waals surface area contributed by atoms with Gasteiger partial charge in [0.2, 0.25) is 5.43 Å². The van der Waals surface area contributed by atoms with Crippen LogP contribution >= 0.6 is 0 Å². The molecule has 0 radical (unpaired) electrons. The third-order valence-electron chi connectivity index (χ3n) is 3.91. The summed E-state index contributed by atoms with van der Waals surface area (Å²) in [5.74, 6) is 0.590. The molecule has 100 valence electrons. The Balaban J connectivity index is 2.10. The van der Waals surface area contributed by atoms with Crippen LogP contribution in [0.4, 0.5) is 0 Å². The Morgan fingerprint density at radius 3 is 2.72 bits per heavy atom. The maximum atomic E-state index is 11.5. The molecule has 0 saturated heterocycles. The molecule has 1 aliphatic rings. The zero-order valence-electron chi connectivity index (χ0n) is 11.2. The standard InChI is InChI=1S/C14H22N2O2/c1-3-11(4-2)8-15-5-6-16-10-14(18)13(17)7-12(16)9-15/h7,10-11,18H,3-6,8-9H2,1-2H3. The molecule has 4 nitrogen and oxygen atoms in total. The van der Waals surface area contributed by atoms with Gasteiger partial charge in [-0.25, -0.2) is 0 Å². The normalized spacial score (nSPS) is 15.9. The molecule has 1 aliphatic heterocycles. The van der Waals surface area contributed by atoms with Crippen LogP contribution in [0.15, 0.2) is 17.1 Å². The summed E-state index contributed by atoms with van der Waals surface area (Å²) < 4.78 is 1.99. The van der Waals surface area contributed by atoms with Gasteiger partial charge in [0.05, 0.1) is 6.20 Å². The van der Waals surface area contributed by atoms with E-state index in [1.807, 2.05) is 4.57 Å². The van der Waals surface area contributed by atoms with Gasteiger partial charge in [0.25, 0.3) is 0 Å². The predicted octanol–water partition coefficient (Wildman–Crippen LogP) is 1.81. The van der Waals surface area contributed by atoms with Crippen LogP contribution in [0.2, 0.25) is 0 Å². The Morgan fingerprint density at radius 1 is 1.33 bits per heavy atom. The first kappa shape index (κ1) is 13.1. The monoisotopic (exact) mass is 250 g/mol. The van der Waals surface area contributed by atoms with Gasteiger partial charge in [-0.3, -0.25) is 9.69 Å². The zero-order valence-corrected chi connectivity index (χ0v) is 11.2. The van der Waals surface area contributed by atoms with Crippen LogP contribution in [0, 0.1) is 5.92 Å². The van der Waals surface area contributed by atoms with Crippen LogP contribution in [0.3, 0.4) is 0 Å². The van der Waals surface area contributed by atoms with E-state index in [9.17, 15) is 9.90 Å². The molecule has 0 atom stereocenters. The fourth-order valence-corrected chi connectivity index (χ4v) is 2.57. The van der Waals surface area contributed by atoms with Crippen LogP contribution in [-0.2, 0) is 13.1 Å². The first-order valence-electron chi connectivity index (χ1n) is 6.78. The minimum atomic E-state index is -0.273. The molecular weight excluding hydrogens is 228 g/mol. The van der Waals surface area contributed by atoms with Crippen molar-refractivity contribution in [3.8, 4) is 5.75 Å². The molecule has 1 aromatic heterocycles. The van der Waals surface area contributed by atoms with Gasteiger partial charge in [-0.2, -0.15) is 0 Å². The van der Waals surface area contributed by atoms with E-state index in [1.165, 1.54) is 12.8 Å². The molecule has 0 aromatic carbocycles. The number of hydrogen-bond donors (Lipinski definition) is 1. The van der Waals surface area contributed by atoms with E-state index >= 15 is 0 Å². The number of rotatable bonds is 4. The van der Waals surface area contributed by atoms with Crippen LogP contribution in [0.1, 0.15) is 32.4 Å². The number of fused-ring (bicyclic) bond motifs is 1. The maximum absolute atomic E-state index is 11.5. The van der Waals surface area contributed by atoms with Gasteiger partial charge in [0.1, 0.15) is 0 Å². The highest BCUT2D eigenvalue weighted by Gasteiger charge is 2.18. The van der Waals surface area contributed by atoms with Gasteiger partial charge in [0.15, 0.2) is 5.75 Å². The second-order valence-electron chi connectivity index (χ2n) is 5.13. The van der Waals surface area contributed by atoms with Crippen molar-refractivity contribution in [2.24, 2.45) is 5.92 Å². The molecule has 0 amide bonds. The summed E-state index contributed by atoms with van der Waals surface area (Å²) in [7, 11) is 0. The zero-order chi connectivity index (χ0) is 13.1. The topological polar surface area (TPSA) is 45.5 Å². The predicted molar refractivity (Wildman–Crippen MR) is 71.7 cm³/mol. The fourth-order valence-electron chi connectivity index (χ4n) is 2.57. The van der Waals surface area contributed by atoms with Crippen molar-refractivity contribution in [2.45, 2.75) is 39.8 Å². The molecule has 2 heterocycles. The Kier molecular flexibility index (Phi) is 4.07. The minimum absolute atomic E-state index is 0.146. The van der Waals surface area contributed by atoms with E-state index in [0.717, 1.165) is 37.8 Å². The molecular formula is C14H22N2O2. The first-order valence-corrected chi connectivity index (χ1v) is 6.78. The van der Waals surface area contributed by atoms with E-state index in [-0.39, 0.29) is 11.2 Å². The van der Waals surface area contributed by atoms with E-state index in [4.69, 9.17) is 0 Å². The summed E-state index contributed by atoms with van der Waals surface area (Å²) in [5.41, 5.74) is 0.737. The summed E-state index contributed by atoms with van der Waals surface area (Å²) >= 11 is 0. The molecule has 18 heavy (non-hydrogen) atoms. The second-order valence-corrected chi connectivity index (χ2v) is 5.13. The average molecular weight is 250 g/mol. The maximum Gasteiger partial charge on any atom is 0.223 e. The second kappa shape index (κ2) is 5.57. The van der Waals surface area contributed by atoms with Crippen molar-refractivity contribution in [1.29, 1.82) is 0 Å². The molecule has 0 bridgehead atoms. The van der Waals surface area contributed by atoms with Crippen LogP contribution in [0.25, 0.3) is 0 Å². The van der Waals surface area contributed by atoms with Crippen molar-refractivity contribution in [3.63, 3.8) is 0 Å². The van der Waals surface area contributed by atoms with E-state index in [0.29, 0.717) is 0 Å². The summed E-state index contributed by atoms with van der Waals surface area (Å²) in [6.45, 7) is 8.21. The third-order valence-corrected chi connectivity index (χ3v) is 3.91. The molecule has 0 fully saturated rings. The van der Waals surface area contributed by atoms with Gasteiger partial charge in [-0.1, -0.05) is 26.7 Å². The van der Waals surface area contributed by atoms with Gasteiger partial charge in [0, 0.05) is 37.9 Å². The third kappa shape index (κ3) is 2.75. The average Bonchev–Trinajstić information content (AvgIpc) is 2.37. The summed E-state index contributed by atoms with van der Waals surface area (Å²) in [5, 5.41) is 9.42. The fraction of sp³-hybridized carbons (Fsp3) is 0.643. The quantitative estimate of drug-likeness (QED) is 0.886. The number of nitrogens with zero attached hydrogens (tertiary/aromatic N) is 2. The minimum Gasteiger partial charge on any atom is -0.503 e. The van der Waals surface area contributed by atoms with Gasteiger partial charge in [-0.05, 0) is 5.92 Å². The van der Waals surface area contributed by atoms with E-state index in [1.54, 1.807) is 12.3 Å². The summed E-state index contributed by atoms with van der Waals surface area (Å²) in [4.78, 5) is 13.9. The summed E-state index contributed by atoms with van der Waals surface area (Å²) in [6, 6.07) is 1.56. The van der Waals surface area contributed by atoms with Crippen molar-refractivity contribution in [2.75, 3.05) is 13.1 Å². The lowest BCUT2D eigenvalue weighted by molar-refractivity contribution is 0.181. The number of aromatic nitrogens is 1. The van der Waals surface area contributed by atoms with Crippen LogP contribution in [-0.4, -0.2) is 27.7 Å². The van der Waals surface area contributed by atoms with Gasteiger partial charge >= 0.3 is 0 Å². The van der Waals surface area contributed by atoms with E-state index < -0.39 is 0 Å². The molecule has 0 aliphatic carbocycles. The van der Waals surface area contributed by atoms with Crippen molar-refractivity contribution in [3.05, 3.63) is 28.2 Å². The largest absolute Gasteiger partial charge is 0.503 e. The van der Waals surface area contributed by atoms with Gasteiger partial charge < -0.3 is 9.67 Å². The summed E-state index contributed by atoms with van der Waals surface area (Å²) in [6.07, 6.45) is 3.97. The molecule has 0 spiro atoms. The lowest BCUT2D eigenvalue weighted by Gasteiger charge is -2.32. The molecule has 1 aromatic rings. The Labute approximate surface area is 108 Å². The highest BCUT2D eigenvalue weighted by atomic mass is 16.3. The number of aromatic hydroxyl groups is 1. The molecule has 2 rings (SSSR count).